The van der Waals surface area contributed by atoms with Crippen LogP contribution in [0.4, 0.5) is 0 Å². The lowest BCUT2D eigenvalue weighted by Gasteiger charge is -2.22. The lowest BCUT2D eigenvalue weighted by Crippen LogP contribution is -2.33. The summed E-state index contributed by atoms with van der Waals surface area (Å²) in [6.07, 6.45) is -0.406. The van der Waals surface area contributed by atoms with E-state index in [0.717, 1.165) is 0 Å². The van der Waals surface area contributed by atoms with E-state index in [1.54, 1.807) is 13.8 Å². The van der Waals surface area contributed by atoms with Crippen molar-refractivity contribution in [2.24, 2.45) is 0 Å². The van der Waals surface area contributed by atoms with Gasteiger partial charge in [-0.3, -0.25) is 0 Å². The Labute approximate surface area is 141 Å². The molecule has 0 bridgehead atoms. The normalized spacial score (nSPS) is 20.5. The molecule has 0 aliphatic carbocycles. The van der Waals surface area contributed by atoms with Gasteiger partial charge >= 0.3 is 11.9 Å². The van der Waals surface area contributed by atoms with Crippen LogP contribution in [0.1, 0.15) is 13.8 Å². The van der Waals surface area contributed by atoms with E-state index in [2.05, 4.69) is 13.2 Å². The van der Waals surface area contributed by atoms with Crippen molar-refractivity contribution in [2.75, 3.05) is 40.0 Å². The first-order valence-electron chi connectivity index (χ1n) is 7.44. The summed E-state index contributed by atoms with van der Waals surface area (Å²) in [7, 11) is 0. The highest BCUT2D eigenvalue weighted by Gasteiger charge is 2.19. The summed E-state index contributed by atoms with van der Waals surface area (Å²) >= 11 is 0. The zero-order chi connectivity index (χ0) is 17.9. The van der Waals surface area contributed by atoms with Crippen LogP contribution in [0.2, 0.25) is 0 Å². The van der Waals surface area contributed by atoms with Crippen LogP contribution in [0, 0.1) is 0 Å². The predicted molar refractivity (Wildman–Crippen MR) is 82.9 cm³/mol. The molecule has 2 aliphatic heterocycles. The monoisotopic (exact) mass is 344 g/mol. The fraction of sp³-hybridized carbons (Fsp3) is 0.625. The van der Waals surface area contributed by atoms with Gasteiger partial charge in [0.2, 0.25) is 0 Å². The maximum absolute atomic E-state index is 11.0. The molecule has 0 saturated carbocycles. The molecule has 24 heavy (non-hydrogen) atoms. The largest absolute Gasteiger partial charge is 0.459 e. The zero-order valence-corrected chi connectivity index (χ0v) is 14.1. The quantitative estimate of drug-likeness (QED) is 0.538. The lowest BCUT2D eigenvalue weighted by molar-refractivity contribution is -0.179. The molecule has 8 heteroatoms. The Hall–Kier alpha value is -1.74. The third-order valence-electron chi connectivity index (χ3n) is 2.84. The van der Waals surface area contributed by atoms with E-state index in [0.29, 0.717) is 31.0 Å². The van der Waals surface area contributed by atoms with Gasteiger partial charge < -0.3 is 28.4 Å². The molecule has 0 aromatic heterocycles. The van der Waals surface area contributed by atoms with Crippen molar-refractivity contribution in [1.82, 2.24) is 0 Å². The molecule has 2 aliphatic rings. The van der Waals surface area contributed by atoms with Crippen molar-refractivity contribution in [1.29, 1.82) is 0 Å². The minimum absolute atomic E-state index is 0.117. The Morgan fingerprint density at radius 2 is 1.54 bits per heavy atom. The van der Waals surface area contributed by atoms with Crippen molar-refractivity contribution in [3.63, 3.8) is 0 Å². The molecular formula is C16H24O8. The molecule has 2 rings (SSSR count). The molecule has 0 radical (unpaired) electrons. The van der Waals surface area contributed by atoms with Gasteiger partial charge in [-0.15, -0.1) is 0 Å². The summed E-state index contributed by atoms with van der Waals surface area (Å²) in [5.74, 6) is -0.778. The molecule has 0 aromatic carbocycles. The number of hydrogen-bond acceptors (Lipinski definition) is 8. The minimum atomic E-state index is -0.394. The Morgan fingerprint density at radius 3 is 2.04 bits per heavy atom. The molecule has 1 unspecified atom stereocenters. The molecule has 2 saturated heterocycles. The molecule has 0 N–H and O–H groups in total. The molecule has 1 atom stereocenters. The van der Waals surface area contributed by atoms with Gasteiger partial charge in [0.05, 0.1) is 19.8 Å². The van der Waals surface area contributed by atoms with Gasteiger partial charge in [-0.2, -0.15) is 0 Å². The number of carbonyl (C=O) groups excluding carboxylic acids is 2. The molecule has 2 heterocycles. The van der Waals surface area contributed by atoms with Gasteiger partial charge in [0.25, 0.3) is 0 Å². The number of esters is 2. The van der Waals surface area contributed by atoms with E-state index in [1.165, 1.54) is 0 Å². The average Bonchev–Trinajstić information content (AvgIpc) is 3.07. The van der Waals surface area contributed by atoms with Gasteiger partial charge in [-0.1, -0.05) is 13.2 Å². The smallest absolute Gasteiger partial charge is 0.333 e. The van der Waals surface area contributed by atoms with Crippen LogP contribution in [0.5, 0.6) is 0 Å². The van der Waals surface area contributed by atoms with Crippen LogP contribution >= 0.6 is 0 Å². The Morgan fingerprint density at radius 1 is 0.958 bits per heavy atom. The van der Waals surface area contributed by atoms with Crippen molar-refractivity contribution in [3.05, 3.63) is 24.3 Å². The highest BCUT2D eigenvalue weighted by molar-refractivity contribution is 5.87. The van der Waals surface area contributed by atoms with Crippen molar-refractivity contribution in [3.8, 4) is 0 Å². The average molecular weight is 344 g/mol. The fourth-order valence-corrected chi connectivity index (χ4v) is 1.55. The van der Waals surface area contributed by atoms with Crippen LogP contribution in [-0.4, -0.2) is 64.2 Å². The van der Waals surface area contributed by atoms with Crippen LogP contribution in [0.15, 0.2) is 24.3 Å². The molecule has 8 nitrogen and oxygen atoms in total. The van der Waals surface area contributed by atoms with E-state index in [1.807, 2.05) is 0 Å². The third-order valence-corrected chi connectivity index (χ3v) is 2.84. The predicted octanol–water partition coefficient (Wildman–Crippen LogP) is 0.957. The van der Waals surface area contributed by atoms with Gasteiger partial charge in [-0.25, -0.2) is 9.59 Å². The number of carbonyl (C=O) groups is 2. The van der Waals surface area contributed by atoms with Crippen molar-refractivity contribution >= 4 is 11.9 Å². The maximum Gasteiger partial charge on any atom is 0.333 e. The van der Waals surface area contributed by atoms with E-state index in [9.17, 15) is 9.59 Å². The van der Waals surface area contributed by atoms with Gasteiger partial charge in [0, 0.05) is 11.1 Å². The first-order valence-corrected chi connectivity index (χ1v) is 7.44. The molecule has 0 aromatic rings. The first kappa shape index (κ1) is 20.3. The lowest BCUT2D eigenvalue weighted by atomic mass is 10.3. The molecule has 0 amide bonds. The third kappa shape index (κ3) is 8.21. The summed E-state index contributed by atoms with van der Waals surface area (Å²) in [5, 5.41) is 0. The van der Waals surface area contributed by atoms with Crippen molar-refractivity contribution < 1.29 is 38.0 Å². The first-order chi connectivity index (χ1) is 11.4. The molecule has 0 spiro atoms. The van der Waals surface area contributed by atoms with Crippen LogP contribution < -0.4 is 0 Å². The molecule has 2 fully saturated rings. The number of hydrogen-bond donors (Lipinski definition) is 0. The van der Waals surface area contributed by atoms with Gasteiger partial charge in [0.15, 0.2) is 0 Å². The summed E-state index contributed by atoms with van der Waals surface area (Å²) in [5.41, 5.74) is 0.787. The van der Waals surface area contributed by atoms with E-state index in [-0.39, 0.29) is 38.4 Å². The highest BCUT2D eigenvalue weighted by Crippen LogP contribution is 2.05. The van der Waals surface area contributed by atoms with Crippen LogP contribution in [0.25, 0.3) is 0 Å². The summed E-state index contributed by atoms with van der Waals surface area (Å²) < 4.78 is 29.6. The summed E-state index contributed by atoms with van der Waals surface area (Å²) in [4.78, 5) is 21.9. The second-order valence-corrected chi connectivity index (χ2v) is 5.32. The van der Waals surface area contributed by atoms with E-state index < -0.39 is 5.97 Å². The fourth-order valence-electron chi connectivity index (χ4n) is 1.55. The Kier molecular flexibility index (Phi) is 9.24. The van der Waals surface area contributed by atoms with Gasteiger partial charge in [0.1, 0.15) is 32.4 Å². The topological polar surface area (TPSA) is 89.5 Å². The van der Waals surface area contributed by atoms with Gasteiger partial charge in [-0.05, 0) is 13.8 Å². The van der Waals surface area contributed by atoms with Crippen molar-refractivity contribution in [2.45, 2.75) is 26.1 Å². The minimum Gasteiger partial charge on any atom is -0.459 e. The van der Waals surface area contributed by atoms with E-state index >= 15 is 0 Å². The molecule has 136 valence electrons. The zero-order valence-electron chi connectivity index (χ0n) is 14.1. The second kappa shape index (κ2) is 10.9. The Balaban J connectivity index is 0.000000240. The Bertz CT molecular complexity index is 447. The van der Waals surface area contributed by atoms with Crippen LogP contribution in [-0.2, 0) is 38.0 Å². The highest BCUT2D eigenvalue weighted by atomic mass is 16.7. The van der Waals surface area contributed by atoms with Crippen LogP contribution in [0.3, 0.4) is 0 Å². The SMILES string of the molecule is C=C(C)C(=O)OC1COCOC1.C=C(C)C(=O)OCC1COCO1. The second-order valence-electron chi connectivity index (χ2n) is 5.32. The standard InChI is InChI=1S/2C8H12O4/c1-6(2)8(9)11-4-7-3-10-5-12-7;1-6(2)8(9)12-7-3-10-5-11-4-7/h2*7H,1,3-5H2,2H3. The maximum atomic E-state index is 11.0. The molecular weight excluding hydrogens is 320 g/mol. The van der Waals surface area contributed by atoms with E-state index in [4.69, 9.17) is 28.4 Å². The summed E-state index contributed by atoms with van der Waals surface area (Å²) in [6, 6.07) is 0. The number of rotatable bonds is 5. The summed E-state index contributed by atoms with van der Waals surface area (Å²) in [6.45, 7) is 12.2. The number of ether oxygens (including phenoxy) is 6.